The number of hydrogen-bond donors (Lipinski definition) is 2. The maximum atomic E-state index is 11.4. The van der Waals surface area contributed by atoms with Gasteiger partial charge in [0.05, 0.1) is 6.54 Å². The molecule has 0 aliphatic heterocycles. The van der Waals surface area contributed by atoms with Crippen LogP contribution in [0.4, 0.5) is 0 Å². The lowest BCUT2D eigenvalue weighted by molar-refractivity contribution is -0.120. The summed E-state index contributed by atoms with van der Waals surface area (Å²) in [5.74, 6) is 1.22. The first-order valence-corrected chi connectivity index (χ1v) is 5.91. The highest BCUT2D eigenvalue weighted by Gasteiger charge is 2.02. The molecule has 0 aliphatic carbocycles. The Morgan fingerprint density at radius 2 is 2.29 bits per heavy atom. The van der Waals surface area contributed by atoms with Gasteiger partial charge in [0.1, 0.15) is 0 Å². The van der Waals surface area contributed by atoms with Crippen molar-refractivity contribution < 1.29 is 9.32 Å². The van der Waals surface area contributed by atoms with E-state index in [9.17, 15) is 4.79 Å². The smallest absolute Gasteiger partial charge is 0.233 e. The third-order valence-electron chi connectivity index (χ3n) is 2.25. The standard InChI is InChI=1S/C11H20N4O2/c1-9(2)3-6-13-10(16)7-12-5-4-11-14-8-15-17-11/h8-9,12H,3-7H2,1-2H3,(H,13,16). The monoisotopic (exact) mass is 240 g/mol. The van der Waals surface area contributed by atoms with E-state index in [1.54, 1.807) is 0 Å². The van der Waals surface area contributed by atoms with Gasteiger partial charge in [-0.15, -0.1) is 0 Å². The van der Waals surface area contributed by atoms with Crippen LogP contribution in [0.15, 0.2) is 10.9 Å². The first kappa shape index (κ1) is 13.6. The lowest BCUT2D eigenvalue weighted by Crippen LogP contribution is -2.35. The summed E-state index contributed by atoms with van der Waals surface area (Å²) in [5.41, 5.74) is 0. The molecule has 0 aliphatic rings. The topological polar surface area (TPSA) is 80.0 Å². The summed E-state index contributed by atoms with van der Waals surface area (Å²) in [6.07, 6.45) is 3.01. The van der Waals surface area contributed by atoms with Gasteiger partial charge in [0.2, 0.25) is 11.8 Å². The van der Waals surface area contributed by atoms with Crippen LogP contribution in [0.3, 0.4) is 0 Å². The molecule has 0 radical (unpaired) electrons. The first-order chi connectivity index (χ1) is 8.18. The highest BCUT2D eigenvalue weighted by Crippen LogP contribution is 1.95. The quantitative estimate of drug-likeness (QED) is 0.641. The fraction of sp³-hybridized carbons (Fsp3) is 0.727. The molecule has 0 atom stereocenters. The van der Waals surface area contributed by atoms with Crippen molar-refractivity contribution in [1.29, 1.82) is 0 Å². The molecule has 0 saturated carbocycles. The van der Waals surface area contributed by atoms with Gasteiger partial charge in [-0.2, -0.15) is 4.98 Å². The molecule has 1 amide bonds. The molecule has 0 aromatic carbocycles. The molecular formula is C11H20N4O2. The van der Waals surface area contributed by atoms with Crippen molar-refractivity contribution in [3.63, 3.8) is 0 Å². The summed E-state index contributed by atoms with van der Waals surface area (Å²) >= 11 is 0. The summed E-state index contributed by atoms with van der Waals surface area (Å²) in [5, 5.41) is 9.38. The van der Waals surface area contributed by atoms with Crippen molar-refractivity contribution >= 4 is 5.91 Å². The van der Waals surface area contributed by atoms with Gasteiger partial charge in [0.25, 0.3) is 0 Å². The maximum Gasteiger partial charge on any atom is 0.233 e. The van der Waals surface area contributed by atoms with Gasteiger partial charge >= 0.3 is 0 Å². The zero-order valence-electron chi connectivity index (χ0n) is 10.4. The molecule has 6 nitrogen and oxygen atoms in total. The van der Waals surface area contributed by atoms with E-state index in [1.807, 2.05) is 0 Å². The largest absolute Gasteiger partial charge is 0.355 e. The van der Waals surface area contributed by atoms with E-state index in [0.29, 0.717) is 31.3 Å². The SMILES string of the molecule is CC(C)CCNC(=O)CNCCc1ncno1. The van der Waals surface area contributed by atoms with Gasteiger partial charge in [-0.25, -0.2) is 0 Å². The molecule has 6 heteroatoms. The van der Waals surface area contributed by atoms with Crippen LogP contribution >= 0.6 is 0 Å². The molecule has 0 unspecified atom stereocenters. The second kappa shape index (κ2) is 7.78. The average Bonchev–Trinajstić information content (AvgIpc) is 2.76. The Morgan fingerprint density at radius 3 is 2.94 bits per heavy atom. The normalized spacial score (nSPS) is 10.8. The molecule has 1 aromatic heterocycles. The molecule has 2 N–H and O–H groups in total. The Hall–Kier alpha value is -1.43. The molecule has 0 saturated heterocycles. The molecule has 96 valence electrons. The van der Waals surface area contributed by atoms with Crippen LogP contribution < -0.4 is 10.6 Å². The molecule has 1 aromatic rings. The van der Waals surface area contributed by atoms with Gasteiger partial charge in [-0.3, -0.25) is 4.79 Å². The number of amides is 1. The third-order valence-corrected chi connectivity index (χ3v) is 2.25. The fourth-order valence-corrected chi connectivity index (χ4v) is 1.27. The summed E-state index contributed by atoms with van der Waals surface area (Å²) in [6, 6.07) is 0. The second-order valence-corrected chi connectivity index (χ2v) is 4.29. The van der Waals surface area contributed by atoms with Crippen LogP contribution in [-0.4, -0.2) is 35.7 Å². The van der Waals surface area contributed by atoms with Crippen molar-refractivity contribution in [2.24, 2.45) is 5.92 Å². The average molecular weight is 240 g/mol. The van der Waals surface area contributed by atoms with Gasteiger partial charge in [-0.1, -0.05) is 19.0 Å². The molecular weight excluding hydrogens is 220 g/mol. The van der Waals surface area contributed by atoms with Crippen molar-refractivity contribution in [2.75, 3.05) is 19.6 Å². The van der Waals surface area contributed by atoms with Gasteiger partial charge in [0.15, 0.2) is 6.33 Å². The number of rotatable bonds is 8. The second-order valence-electron chi connectivity index (χ2n) is 4.29. The number of carbonyl (C=O) groups is 1. The molecule has 0 bridgehead atoms. The summed E-state index contributed by atoms with van der Waals surface area (Å²) in [4.78, 5) is 15.2. The van der Waals surface area contributed by atoms with Gasteiger partial charge < -0.3 is 15.2 Å². The summed E-state index contributed by atoms with van der Waals surface area (Å²) in [6.45, 7) is 5.98. The van der Waals surface area contributed by atoms with Crippen LogP contribution in [0.25, 0.3) is 0 Å². The number of hydrogen-bond acceptors (Lipinski definition) is 5. The predicted octanol–water partition coefficient (Wildman–Crippen LogP) is 0.364. The minimum absolute atomic E-state index is 0.0242. The Bertz CT molecular complexity index is 311. The van der Waals surface area contributed by atoms with E-state index in [-0.39, 0.29) is 5.91 Å². The maximum absolute atomic E-state index is 11.4. The Balaban J connectivity index is 1.97. The lowest BCUT2D eigenvalue weighted by Gasteiger charge is -2.07. The van der Waals surface area contributed by atoms with Gasteiger partial charge in [-0.05, 0) is 12.3 Å². The zero-order chi connectivity index (χ0) is 12.5. The number of aromatic nitrogens is 2. The van der Waals surface area contributed by atoms with Crippen LogP contribution in [0.1, 0.15) is 26.2 Å². The van der Waals surface area contributed by atoms with Crippen LogP contribution in [-0.2, 0) is 11.2 Å². The summed E-state index contributed by atoms with van der Waals surface area (Å²) in [7, 11) is 0. The van der Waals surface area contributed by atoms with Crippen LogP contribution in [0.2, 0.25) is 0 Å². The number of nitrogens with zero attached hydrogens (tertiary/aromatic N) is 2. The minimum Gasteiger partial charge on any atom is -0.355 e. The zero-order valence-corrected chi connectivity index (χ0v) is 10.4. The molecule has 1 rings (SSSR count). The molecule has 17 heavy (non-hydrogen) atoms. The van der Waals surface area contributed by atoms with Crippen molar-refractivity contribution in [1.82, 2.24) is 20.8 Å². The van der Waals surface area contributed by atoms with Crippen LogP contribution in [0, 0.1) is 5.92 Å². The minimum atomic E-state index is 0.0242. The van der Waals surface area contributed by atoms with E-state index < -0.39 is 0 Å². The van der Waals surface area contributed by atoms with E-state index >= 15 is 0 Å². The lowest BCUT2D eigenvalue weighted by atomic mass is 10.1. The van der Waals surface area contributed by atoms with Crippen LogP contribution in [0.5, 0.6) is 0 Å². The van der Waals surface area contributed by atoms with E-state index in [4.69, 9.17) is 4.52 Å². The van der Waals surface area contributed by atoms with E-state index in [2.05, 4.69) is 34.6 Å². The fourth-order valence-electron chi connectivity index (χ4n) is 1.27. The van der Waals surface area contributed by atoms with Crippen molar-refractivity contribution in [3.8, 4) is 0 Å². The third kappa shape index (κ3) is 6.68. The number of carbonyl (C=O) groups excluding carboxylic acids is 1. The van der Waals surface area contributed by atoms with E-state index in [0.717, 1.165) is 13.0 Å². The Labute approximate surface area is 101 Å². The van der Waals surface area contributed by atoms with E-state index in [1.165, 1.54) is 6.33 Å². The van der Waals surface area contributed by atoms with Gasteiger partial charge in [0, 0.05) is 19.5 Å². The number of nitrogens with one attached hydrogen (secondary N) is 2. The summed E-state index contributed by atoms with van der Waals surface area (Å²) < 4.78 is 4.83. The molecule has 0 spiro atoms. The Kier molecular flexibility index (Phi) is 6.24. The van der Waals surface area contributed by atoms with Crippen molar-refractivity contribution in [2.45, 2.75) is 26.7 Å². The highest BCUT2D eigenvalue weighted by molar-refractivity contribution is 5.77. The first-order valence-electron chi connectivity index (χ1n) is 5.91. The molecule has 1 heterocycles. The Morgan fingerprint density at radius 1 is 1.47 bits per heavy atom. The predicted molar refractivity (Wildman–Crippen MR) is 63.3 cm³/mol. The molecule has 0 fully saturated rings. The van der Waals surface area contributed by atoms with Crippen molar-refractivity contribution in [3.05, 3.63) is 12.2 Å². The highest BCUT2D eigenvalue weighted by atomic mass is 16.5.